The summed E-state index contributed by atoms with van der Waals surface area (Å²) < 4.78 is 0. The van der Waals surface area contributed by atoms with Crippen LogP contribution < -0.4 is 51.4 Å². The van der Waals surface area contributed by atoms with Gasteiger partial charge in [-0.2, -0.15) is 0 Å². The van der Waals surface area contributed by atoms with Gasteiger partial charge in [-0.3, -0.25) is 0 Å². The summed E-state index contributed by atoms with van der Waals surface area (Å²) in [5, 5.41) is 0. The zero-order valence-corrected chi connectivity index (χ0v) is 9.86. The summed E-state index contributed by atoms with van der Waals surface area (Å²) >= 11 is 0. The maximum Gasteiger partial charge on any atom is 1.00 e. The van der Waals surface area contributed by atoms with E-state index in [1.165, 1.54) is 0 Å². The molecule has 0 bridgehead atoms. The van der Waals surface area contributed by atoms with Gasteiger partial charge in [0.15, 0.2) is 0 Å². The van der Waals surface area contributed by atoms with Crippen LogP contribution in [0.25, 0.3) is 5.73 Å². The summed E-state index contributed by atoms with van der Waals surface area (Å²) in [6.45, 7) is 3.91. The first-order valence-electron chi connectivity index (χ1n) is 2.99. The van der Waals surface area contributed by atoms with Crippen molar-refractivity contribution >= 4 is 5.69 Å². The van der Waals surface area contributed by atoms with Gasteiger partial charge in [0, 0.05) is 0 Å². The molecule has 0 heterocycles. The summed E-state index contributed by atoms with van der Waals surface area (Å²) in [4.78, 5) is 0. The Morgan fingerprint density at radius 1 is 1.10 bits per heavy atom. The SMILES string of the molecule is Cc1cccc(C)c1[NH-].[K+]. The number of benzene rings is 1. The van der Waals surface area contributed by atoms with Gasteiger partial charge >= 0.3 is 51.4 Å². The molecule has 0 atom stereocenters. The summed E-state index contributed by atoms with van der Waals surface area (Å²) in [6, 6.07) is 5.88. The minimum atomic E-state index is 0. The molecule has 0 saturated heterocycles. The van der Waals surface area contributed by atoms with Crippen molar-refractivity contribution in [2.75, 3.05) is 0 Å². The van der Waals surface area contributed by atoms with E-state index >= 15 is 0 Å². The molecule has 1 nitrogen and oxygen atoms in total. The van der Waals surface area contributed by atoms with E-state index in [0.29, 0.717) is 5.69 Å². The Balaban J connectivity index is 0.000000810. The van der Waals surface area contributed by atoms with E-state index in [4.69, 9.17) is 5.73 Å². The number of nitrogens with one attached hydrogen (secondary N) is 1. The average molecular weight is 159 g/mol. The largest absolute Gasteiger partial charge is 1.00 e. The van der Waals surface area contributed by atoms with Crippen LogP contribution in [0.15, 0.2) is 18.2 Å². The molecule has 0 aliphatic carbocycles. The van der Waals surface area contributed by atoms with Gasteiger partial charge in [-0.05, 0) is 13.8 Å². The van der Waals surface area contributed by atoms with E-state index in [1.807, 2.05) is 32.0 Å². The second-order valence-corrected chi connectivity index (χ2v) is 2.27. The van der Waals surface area contributed by atoms with Crippen molar-refractivity contribution < 1.29 is 51.4 Å². The summed E-state index contributed by atoms with van der Waals surface area (Å²) in [7, 11) is 0. The van der Waals surface area contributed by atoms with Crippen LogP contribution in [0.3, 0.4) is 0 Å². The first-order valence-corrected chi connectivity index (χ1v) is 2.99. The molecule has 0 fully saturated rings. The predicted octanol–water partition coefficient (Wildman–Crippen LogP) is -0.00886. The zero-order valence-electron chi connectivity index (χ0n) is 6.73. The fraction of sp³-hybridized carbons (Fsp3) is 0.250. The smallest absolute Gasteiger partial charge is 0.698 e. The first-order chi connectivity index (χ1) is 4.22. The molecule has 0 aliphatic rings. The Bertz CT molecular complexity index is 200. The van der Waals surface area contributed by atoms with Crippen molar-refractivity contribution in [1.82, 2.24) is 0 Å². The van der Waals surface area contributed by atoms with Gasteiger partial charge in [0.1, 0.15) is 0 Å². The fourth-order valence-corrected chi connectivity index (χ4v) is 0.814. The molecule has 0 radical (unpaired) electrons. The van der Waals surface area contributed by atoms with Crippen LogP contribution in [0.5, 0.6) is 0 Å². The number of rotatable bonds is 0. The topological polar surface area (TPSA) is 23.8 Å². The second kappa shape index (κ2) is 4.52. The Morgan fingerprint density at radius 3 is 1.80 bits per heavy atom. The molecule has 2 heteroatoms. The van der Waals surface area contributed by atoms with Crippen molar-refractivity contribution in [1.29, 1.82) is 0 Å². The molecule has 48 valence electrons. The fourth-order valence-electron chi connectivity index (χ4n) is 0.814. The first kappa shape index (κ1) is 10.7. The van der Waals surface area contributed by atoms with Crippen molar-refractivity contribution in [2.45, 2.75) is 13.8 Å². The molecule has 1 aromatic rings. The number of hydrogen-bond acceptors (Lipinski definition) is 0. The third-order valence-corrected chi connectivity index (χ3v) is 1.48. The molecule has 0 saturated carbocycles. The van der Waals surface area contributed by atoms with Crippen LogP contribution in [0.2, 0.25) is 0 Å². The van der Waals surface area contributed by atoms with Crippen LogP contribution in [-0.2, 0) is 0 Å². The molecular formula is C8H10KN. The molecule has 0 spiro atoms. The van der Waals surface area contributed by atoms with Crippen LogP contribution >= 0.6 is 0 Å². The minimum absolute atomic E-state index is 0. The monoisotopic (exact) mass is 159 g/mol. The molecular weight excluding hydrogens is 149 g/mol. The van der Waals surface area contributed by atoms with Gasteiger partial charge in [0.05, 0.1) is 0 Å². The van der Waals surface area contributed by atoms with E-state index < -0.39 is 0 Å². The Morgan fingerprint density at radius 2 is 1.50 bits per heavy atom. The summed E-state index contributed by atoms with van der Waals surface area (Å²) in [5.74, 6) is 0. The molecule has 1 aromatic carbocycles. The maximum absolute atomic E-state index is 7.44. The molecule has 10 heavy (non-hydrogen) atoms. The van der Waals surface area contributed by atoms with Crippen LogP contribution in [0, 0.1) is 13.8 Å². The van der Waals surface area contributed by atoms with E-state index in [2.05, 4.69) is 0 Å². The Kier molecular flexibility index (Phi) is 4.81. The van der Waals surface area contributed by atoms with E-state index in [-0.39, 0.29) is 51.4 Å². The van der Waals surface area contributed by atoms with E-state index in [9.17, 15) is 0 Å². The van der Waals surface area contributed by atoms with Crippen LogP contribution in [-0.4, -0.2) is 0 Å². The van der Waals surface area contributed by atoms with Gasteiger partial charge in [-0.25, -0.2) is 0 Å². The van der Waals surface area contributed by atoms with Gasteiger partial charge < -0.3 is 5.73 Å². The number of aryl methyl sites for hydroxylation is 2. The van der Waals surface area contributed by atoms with Gasteiger partial charge in [0.2, 0.25) is 0 Å². The molecule has 0 aromatic heterocycles. The standard InChI is InChI=1S/C8H10N.K/c1-6-4-3-5-7(2)8(6)9;/h3-5,9H,1-2H3;/q-1;+1. The normalized spacial score (nSPS) is 8.60. The number of hydrogen-bond donors (Lipinski definition) is 0. The molecule has 0 aliphatic heterocycles. The van der Waals surface area contributed by atoms with E-state index in [0.717, 1.165) is 11.1 Å². The molecule has 1 N–H and O–H groups in total. The molecule has 0 amide bonds. The van der Waals surface area contributed by atoms with Gasteiger partial charge in [0.25, 0.3) is 0 Å². The summed E-state index contributed by atoms with van der Waals surface area (Å²) in [5.41, 5.74) is 10.2. The van der Waals surface area contributed by atoms with Crippen LogP contribution in [0.1, 0.15) is 11.1 Å². The average Bonchev–Trinajstić information content (AvgIpc) is 1.83. The Hall–Kier alpha value is 0.656. The van der Waals surface area contributed by atoms with Crippen LogP contribution in [0.4, 0.5) is 5.69 Å². The van der Waals surface area contributed by atoms with Crippen molar-refractivity contribution in [3.63, 3.8) is 0 Å². The van der Waals surface area contributed by atoms with Gasteiger partial charge in [-0.1, -0.05) is 29.3 Å². The predicted molar refractivity (Wildman–Crippen MR) is 39.9 cm³/mol. The third-order valence-electron chi connectivity index (χ3n) is 1.48. The maximum atomic E-state index is 7.44. The molecule has 1 rings (SSSR count). The third kappa shape index (κ3) is 2.36. The van der Waals surface area contributed by atoms with Crippen molar-refractivity contribution in [3.05, 3.63) is 35.1 Å². The minimum Gasteiger partial charge on any atom is -0.698 e. The van der Waals surface area contributed by atoms with E-state index in [1.54, 1.807) is 0 Å². The summed E-state index contributed by atoms with van der Waals surface area (Å²) in [6.07, 6.45) is 0. The quantitative estimate of drug-likeness (QED) is 0.476. The van der Waals surface area contributed by atoms with Crippen molar-refractivity contribution in [3.8, 4) is 0 Å². The van der Waals surface area contributed by atoms with Gasteiger partial charge in [-0.15, -0.1) is 5.69 Å². The second-order valence-electron chi connectivity index (χ2n) is 2.27. The Labute approximate surface area is 104 Å². The van der Waals surface area contributed by atoms with Crippen molar-refractivity contribution in [2.24, 2.45) is 0 Å². The molecule has 0 unspecified atom stereocenters. The zero-order chi connectivity index (χ0) is 6.85.